The van der Waals surface area contributed by atoms with Gasteiger partial charge in [0.1, 0.15) is 11.8 Å². The molecule has 0 spiro atoms. The maximum Gasteiger partial charge on any atom is 0.318 e. The standard InChI is InChI=1S/C15H17N3O3/c16-15(20)18-14(19)13(11-5-2-1-3-6-11)17-9-8-12-7-4-10-21-12/h1-7,10,13,17H,8-9H2,(H3,16,18,19,20)/t13-/m0/s1. The smallest absolute Gasteiger partial charge is 0.318 e. The fourth-order valence-corrected chi connectivity index (χ4v) is 2.00. The Labute approximate surface area is 122 Å². The molecule has 6 nitrogen and oxygen atoms in total. The summed E-state index contributed by atoms with van der Waals surface area (Å²) in [6.07, 6.45) is 2.24. The third kappa shape index (κ3) is 4.47. The first-order chi connectivity index (χ1) is 10.2. The molecule has 0 saturated carbocycles. The molecule has 1 atom stereocenters. The van der Waals surface area contributed by atoms with E-state index in [0.29, 0.717) is 13.0 Å². The second kappa shape index (κ2) is 7.25. The molecule has 0 aliphatic heterocycles. The zero-order valence-corrected chi connectivity index (χ0v) is 11.4. The van der Waals surface area contributed by atoms with Gasteiger partial charge in [0, 0.05) is 13.0 Å². The normalized spacial score (nSPS) is 11.8. The molecular formula is C15H17N3O3. The highest BCUT2D eigenvalue weighted by atomic mass is 16.3. The van der Waals surface area contributed by atoms with Crippen molar-refractivity contribution in [1.82, 2.24) is 10.6 Å². The van der Waals surface area contributed by atoms with Gasteiger partial charge in [-0.2, -0.15) is 0 Å². The maximum absolute atomic E-state index is 12.0. The van der Waals surface area contributed by atoms with E-state index in [0.717, 1.165) is 11.3 Å². The van der Waals surface area contributed by atoms with Crippen molar-refractivity contribution < 1.29 is 14.0 Å². The number of rotatable bonds is 6. The quantitative estimate of drug-likeness (QED) is 0.747. The van der Waals surface area contributed by atoms with Crippen molar-refractivity contribution in [3.63, 3.8) is 0 Å². The molecule has 1 aromatic heterocycles. The van der Waals surface area contributed by atoms with Gasteiger partial charge >= 0.3 is 6.03 Å². The minimum Gasteiger partial charge on any atom is -0.469 e. The molecule has 3 amide bonds. The lowest BCUT2D eigenvalue weighted by molar-refractivity contribution is -0.122. The maximum atomic E-state index is 12.0. The first-order valence-corrected chi connectivity index (χ1v) is 6.58. The number of hydrogen-bond donors (Lipinski definition) is 3. The molecule has 110 valence electrons. The van der Waals surface area contributed by atoms with Crippen LogP contribution in [0.25, 0.3) is 0 Å². The highest BCUT2D eigenvalue weighted by molar-refractivity contribution is 5.96. The fourth-order valence-electron chi connectivity index (χ4n) is 2.00. The van der Waals surface area contributed by atoms with Crippen LogP contribution in [0.5, 0.6) is 0 Å². The number of hydrogen-bond acceptors (Lipinski definition) is 4. The number of nitrogens with two attached hydrogens (primary N) is 1. The Hall–Kier alpha value is -2.60. The predicted octanol–water partition coefficient (Wildman–Crippen LogP) is 1.35. The van der Waals surface area contributed by atoms with Gasteiger partial charge in [-0.25, -0.2) is 4.79 Å². The summed E-state index contributed by atoms with van der Waals surface area (Å²) in [7, 11) is 0. The highest BCUT2D eigenvalue weighted by Gasteiger charge is 2.20. The number of furan rings is 1. The van der Waals surface area contributed by atoms with E-state index in [1.54, 1.807) is 6.26 Å². The Morgan fingerprint density at radius 2 is 1.90 bits per heavy atom. The average molecular weight is 287 g/mol. The van der Waals surface area contributed by atoms with Gasteiger partial charge in [0.2, 0.25) is 5.91 Å². The van der Waals surface area contributed by atoms with Crippen LogP contribution in [0.1, 0.15) is 17.4 Å². The third-order valence-corrected chi connectivity index (χ3v) is 2.94. The van der Waals surface area contributed by atoms with Crippen LogP contribution in [0.15, 0.2) is 53.1 Å². The molecule has 0 aliphatic rings. The predicted molar refractivity (Wildman–Crippen MR) is 77.3 cm³/mol. The van der Waals surface area contributed by atoms with E-state index in [-0.39, 0.29) is 0 Å². The molecule has 0 saturated heterocycles. The summed E-state index contributed by atoms with van der Waals surface area (Å²) in [5.41, 5.74) is 5.76. The largest absolute Gasteiger partial charge is 0.469 e. The van der Waals surface area contributed by atoms with Gasteiger partial charge in [0.25, 0.3) is 0 Å². The second-order valence-electron chi connectivity index (χ2n) is 4.48. The molecule has 0 radical (unpaired) electrons. The third-order valence-electron chi connectivity index (χ3n) is 2.94. The van der Waals surface area contributed by atoms with Crippen molar-refractivity contribution in [2.24, 2.45) is 5.73 Å². The number of nitrogens with one attached hydrogen (secondary N) is 2. The lowest BCUT2D eigenvalue weighted by atomic mass is 10.1. The van der Waals surface area contributed by atoms with Crippen LogP contribution in [-0.2, 0) is 11.2 Å². The SMILES string of the molecule is NC(=O)NC(=O)[C@@H](NCCc1ccco1)c1ccccc1. The number of primary amides is 1. The van der Waals surface area contributed by atoms with Crippen molar-refractivity contribution in [2.45, 2.75) is 12.5 Å². The number of carbonyl (C=O) groups is 2. The molecule has 2 rings (SSSR count). The number of amides is 3. The Kier molecular flexibility index (Phi) is 5.11. The van der Waals surface area contributed by atoms with Crippen LogP contribution in [0.4, 0.5) is 4.79 Å². The number of carbonyl (C=O) groups excluding carboxylic acids is 2. The summed E-state index contributed by atoms with van der Waals surface area (Å²) in [6.45, 7) is 0.527. The summed E-state index contributed by atoms with van der Waals surface area (Å²) in [4.78, 5) is 22.9. The topological polar surface area (TPSA) is 97.4 Å². The summed E-state index contributed by atoms with van der Waals surface area (Å²) in [5.74, 6) is 0.345. The second-order valence-corrected chi connectivity index (χ2v) is 4.48. The lowest BCUT2D eigenvalue weighted by Gasteiger charge is -2.17. The van der Waals surface area contributed by atoms with Crippen molar-refractivity contribution in [3.05, 3.63) is 60.1 Å². The minimum atomic E-state index is -0.867. The molecule has 21 heavy (non-hydrogen) atoms. The van der Waals surface area contributed by atoms with E-state index >= 15 is 0 Å². The van der Waals surface area contributed by atoms with E-state index in [2.05, 4.69) is 10.6 Å². The molecule has 1 heterocycles. The number of benzene rings is 1. The van der Waals surface area contributed by atoms with Gasteiger partial charge in [-0.15, -0.1) is 0 Å². The van der Waals surface area contributed by atoms with Gasteiger partial charge in [0.15, 0.2) is 0 Å². The fraction of sp³-hybridized carbons (Fsp3) is 0.200. The van der Waals surface area contributed by atoms with Crippen LogP contribution in [-0.4, -0.2) is 18.5 Å². The Morgan fingerprint density at radius 1 is 1.14 bits per heavy atom. The summed E-state index contributed by atoms with van der Waals surface area (Å²) in [6, 6.07) is 11.3. The van der Waals surface area contributed by atoms with Crippen LogP contribution < -0.4 is 16.4 Å². The van der Waals surface area contributed by atoms with Crippen molar-refractivity contribution in [1.29, 1.82) is 0 Å². The van der Waals surface area contributed by atoms with E-state index in [1.165, 1.54) is 0 Å². The van der Waals surface area contributed by atoms with E-state index in [1.807, 2.05) is 42.5 Å². The van der Waals surface area contributed by atoms with Gasteiger partial charge < -0.3 is 15.5 Å². The van der Waals surface area contributed by atoms with Crippen LogP contribution in [0, 0.1) is 0 Å². The minimum absolute atomic E-state index is 0.479. The first-order valence-electron chi connectivity index (χ1n) is 6.58. The summed E-state index contributed by atoms with van der Waals surface area (Å²) in [5, 5.41) is 5.20. The Balaban J connectivity index is 2.01. The molecule has 0 fully saturated rings. The van der Waals surface area contributed by atoms with Crippen LogP contribution in [0.3, 0.4) is 0 Å². The zero-order chi connectivity index (χ0) is 15.1. The molecule has 0 unspecified atom stereocenters. The molecule has 0 bridgehead atoms. The monoisotopic (exact) mass is 287 g/mol. The molecular weight excluding hydrogens is 270 g/mol. The number of imide groups is 1. The van der Waals surface area contributed by atoms with Crippen LogP contribution >= 0.6 is 0 Å². The summed E-state index contributed by atoms with van der Waals surface area (Å²) < 4.78 is 5.23. The highest BCUT2D eigenvalue weighted by Crippen LogP contribution is 2.13. The van der Waals surface area contributed by atoms with Crippen molar-refractivity contribution in [2.75, 3.05) is 6.54 Å². The first kappa shape index (κ1) is 14.8. The van der Waals surface area contributed by atoms with Gasteiger partial charge in [-0.05, 0) is 17.7 Å². The molecule has 2 aromatic rings. The van der Waals surface area contributed by atoms with Crippen molar-refractivity contribution >= 4 is 11.9 Å². The molecule has 4 N–H and O–H groups in total. The van der Waals surface area contributed by atoms with E-state index < -0.39 is 18.0 Å². The van der Waals surface area contributed by atoms with E-state index in [9.17, 15) is 9.59 Å². The molecule has 0 aliphatic carbocycles. The van der Waals surface area contributed by atoms with Crippen molar-refractivity contribution in [3.8, 4) is 0 Å². The summed E-state index contributed by atoms with van der Waals surface area (Å²) >= 11 is 0. The Morgan fingerprint density at radius 3 is 2.52 bits per heavy atom. The van der Waals surface area contributed by atoms with Gasteiger partial charge in [-0.1, -0.05) is 30.3 Å². The van der Waals surface area contributed by atoms with E-state index in [4.69, 9.17) is 10.2 Å². The average Bonchev–Trinajstić information content (AvgIpc) is 2.97. The molecule has 1 aromatic carbocycles. The van der Waals surface area contributed by atoms with Gasteiger partial charge in [-0.3, -0.25) is 10.1 Å². The lowest BCUT2D eigenvalue weighted by Crippen LogP contribution is -2.43. The van der Waals surface area contributed by atoms with Gasteiger partial charge in [0.05, 0.1) is 6.26 Å². The number of urea groups is 1. The Bertz CT molecular complexity index is 581. The zero-order valence-electron chi connectivity index (χ0n) is 11.4. The van der Waals surface area contributed by atoms with Crippen LogP contribution in [0.2, 0.25) is 0 Å². The molecule has 6 heteroatoms.